The van der Waals surface area contributed by atoms with E-state index in [1.54, 1.807) is 36.0 Å². The average Bonchev–Trinajstić information content (AvgIpc) is 2.75. The van der Waals surface area contributed by atoms with E-state index in [1.807, 2.05) is 0 Å². The Morgan fingerprint density at radius 2 is 2.33 bits per heavy atom. The molecule has 0 aromatic carbocycles. The van der Waals surface area contributed by atoms with Gasteiger partial charge in [0, 0.05) is 39.9 Å². The van der Waals surface area contributed by atoms with Crippen LogP contribution in [0.2, 0.25) is 0 Å². The van der Waals surface area contributed by atoms with E-state index in [9.17, 15) is 4.79 Å². The summed E-state index contributed by atoms with van der Waals surface area (Å²) in [5.74, 6) is -0.135. The van der Waals surface area contributed by atoms with Gasteiger partial charge in [0.05, 0.1) is 11.6 Å². The molecule has 0 unspecified atom stereocenters. The molecule has 0 aliphatic rings. The minimum atomic E-state index is -0.135. The largest absolute Gasteiger partial charge is 0.393 e. The number of amides is 1. The summed E-state index contributed by atoms with van der Waals surface area (Å²) in [4.78, 5) is 14.2. The zero-order valence-corrected chi connectivity index (χ0v) is 11.4. The summed E-state index contributed by atoms with van der Waals surface area (Å²) in [6.07, 6.45) is 2.23. The van der Waals surface area contributed by atoms with Gasteiger partial charge in [0.2, 0.25) is 0 Å². The molecule has 0 atom stereocenters. The van der Waals surface area contributed by atoms with Gasteiger partial charge >= 0.3 is 0 Å². The molecule has 0 fully saturated rings. The molecule has 1 amide bonds. The van der Waals surface area contributed by atoms with Crippen LogP contribution in [-0.2, 0) is 11.8 Å². The molecule has 0 bridgehead atoms. The van der Waals surface area contributed by atoms with Crippen molar-refractivity contribution in [3.05, 3.63) is 18.0 Å². The van der Waals surface area contributed by atoms with E-state index < -0.39 is 0 Å². The van der Waals surface area contributed by atoms with Crippen LogP contribution in [0.5, 0.6) is 0 Å². The number of methoxy groups -OCH3 is 1. The third kappa shape index (κ3) is 4.42. The molecular formula is C11H18N4O2S. The highest BCUT2D eigenvalue weighted by molar-refractivity contribution is 7.80. The summed E-state index contributed by atoms with van der Waals surface area (Å²) in [7, 11) is 3.36. The number of carbonyl (C=O) groups excluding carboxylic acids is 1. The second kappa shape index (κ2) is 7.07. The highest BCUT2D eigenvalue weighted by Gasteiger charge is 2.17. The Morgan fingerprint density at radius 1 is 1.61 bits per heavy atom. The molecule has 0 aliphatic heterocycles. The molecule has 1 heterocycles. The van der Waals surface area contributed by atoms with Crippen LogP contribution in [0.25, 0.3) is 0 Å². The second-order valence-corrected chi connectivity index (χ2v) is 4.40. The monoisotopic (exact) mass is 270 g/mol. The summed E-state index contributed by atoms with van der Waals surface area (Å²) < 4.78 is 6.58. The van der Waals surface area contributed by atoms with Gasteiger partial charge in [-0.1, -0.05) is 12.2 Å². The fraction of sp³-hybridized carbons (Fsp3) is 0.545. The Labute approximate surface area is 112 Å². The maximum absolute atomic E-state index is 12.2. The van der Waals surface area contributed by atoms with Crippen LogP contribution >= 0.6 is 12.2 Å². The molecule has 1 rings (SSSR count). The molecular weight excluding hydrogens is 252 g/mol. The second-order valence-electron chi connectivity index (χ2n) is 3.88. The lowest BCUT2D eigenvalue weighted by Crippen LogP contribution is -2.36. The van der Waals surface area contributed by atoms with Crippen molar-refractivity contribution in [2.75, 3.05) is 26.8 Å². The number of hydrogen-bond donors (Lipinski definition) is 1. The Kier molecular flexibility index (Phi) is 5.73. The minimum Gasteiger partial charge on any atom is -0.393 e. The Bertz CT molecular complexity index is 419. The van der Waals surface area contributed by atoms with Crippen molar-refractivity contribution < 1.29 is 9.53 Å². The van der Waals surface area contributed by atoms with Gasteiger partial charge in [0.15, 0.2) is 0 Å². The van der Waals surface area contributed by atoms with Gasteiger partial charge in [-0.15, -0.1) is 0 Å². The highest BCUT2D eigenvalue weighted by atomic mass is 32.1. The SMILES string of the molecule is COCCN(CCC(N)=S)C(=O)c1ccn(C)n1. The molecule has 0 radical (unpaired) electrons. The lowest BCUT2D eigenvalue weighted by molar-refractivity contribution is 0.0694. The summed E-state index contributed by atoms with van der Waals surface area (Å²) in [6, 6.07) is 1.68. The van der Waals surface area contributed by atoms with Crippen LogP contribution in [0.4, 0.5) is 0 Å². The van der Waals surface area contributed by atoms with E-state index >= 15 is 0 Å². The van der Waals surface area contributed by atoms with Gasteiger partial charge in [0.25, 0.3) is 5.91 Å². The molecule has 1 aromatic rings. The quantitative estimate of drug-likeness (QED) is 0.716. The number of thiocarbonyl (C=S) groups is 1. The van der Waals surface area contributed by atoms with Crippen molar-refractivity contribution in [2.45, 2.75) is 6.42 Å². The summed E-state index contributed by atoms with van der Waals surface area (Å²) >= 11 is 4.82. The first-order valence-electron chi connectivity index (χ1n) is 5.60. The smallest absolute Gasteiger partial charge is 0.274 e. The van der Waals surface area contributed by atoms with E-state index in [0.717, 1.165) is 0 Å². The van der Waals surface area contributed by atoms with Crippen molar-refractivity contribution in [1.82, 2.24) is 14.7 Å². The number of nitrogens with two attached hydrogens (primary N) is 1. The van der Waals surface area contributed by atoms with Crippen molar-refractivity contribution in [1.29, 1.82) is 0 Å². The average molecular weight is 270 g/mol. The number of ether oxygens (including phenoxy) is 1. The van der Waals surface area contributed by atoms with Crippen molar-refractivity contribution in [3.8, 4) is 0 Å². The van der Waals surface area contributed by atoms with E-state index in [4.69, 9.17) is 22.7 Å². The summed E-state index contributed by atoms with van der Waals surface area (Å²) in [5.41, 5.74) is 5.87. The van der Waals surface area contributed by atoms with Gasteiger partial charge in [-0.25, -0.2) is 0 Å². The molecule has 2 N–H and O–H groups in total. The Hall–Kier alpha value is -1.47. The van der Waals surface area contributed by atoms with Gasteiger partial charge in [-0.3, -0.25) is 9.48 Å². The van der Waals surface area contributed by atoms with Gasteiger partial charge in [-0.2, -0.15) is 5.10 Å². The lowest BCUT2D eigenvalue weighted by atomic mass is 10.3. The van der Waals surface area contributed by atoms with Gasteiger partial charge in [-0.05, 0) is 6.07 Å². The first-order chi connectivity index (χ1) is 8.54. The first-order valence-corrected chi connectivity index (χ1v) is 6.01. The number of rotatable bonds is 7. The van der Waals surface area contributed by atoms with Crippen LogP contribution in [0.15, 0.2) is 12.3 Å². The Morgan fingerprint density at radius 3 is 2.83 bits per heavy atom. The van der Waals surface area contributed by atoms with E-state index in [1.165, 1.54) is 0 Å². The van der Waals surface area contributed by atoms with Crippen LogP contribution in [-0.4, -0.2) is 52.4 Å². The fourth-order valence-electron chi connectivity index (χ4n) is 1.45. The number of carbonyl (C=O) groups is 1. The van der Waals surface area contributed by atoms with E-state index in [2.05, 4.69) is 5.10 Å². The standard InChI is InChI=1S/C11H18N4O2S/c1-14-5-3-9(13-14)11(16)15(7-8-17-2)6-4-10(12)18/h3,5H,4,6-8H2,1-2H3,(H2,12,18). The fourth-order valence-corrected chi connectivity index (χ4v) is 1.54. The van der Waals surface area contributed by atoms with E-state index in [0.29, 0.717) is 36.8 Å². The van der Waals surface area contributed by atoms with Gasteiger partial charge in [0.1, 0.15) is 5.69 Å². The van der Waals surface area contributed by atoms with Crippen molar-refractivity contribution in [3.63, 3.8) is 0 Å². The minimum absolute atomic E-state index is 0.135. The lowest BCUT2D eigenvalue weighted by Gasteiger charge is -2.21. The molecule has 18 heavy (non-hydrogen) atoms. The zero-order valence-electron chi connectivity index (χ0n) is 10.6. The molecule has 0 spiro atoms. The van der Waals surface area contributed by atoms with Crippen LogP contribution in [0, 0.1) is 0 Å². The first kappa shape index (κ1) is 14.6. The van der Waals surface area contributed by atoms with Crippen molar-refractivity contribution in [2.24, 2.45) is 12.8 Å². The highest BCUT2D eigenvalue weighted by Crippen LogP contribution is 2.03. The molecule has 7 heteroatoms. The van der Waals surface area contributed by atoms with Gasteiger partial charge < -0.3 is 15.4 Å². The molecule has 6 nitrogen and oxygen atoms in total. The zero-order chi connectivity index (χ0) is 13.5. The number of nitrogens with zero attached hydrogens (tertiary/aromatic N) is 3. The molecule has 0 saturated heterocycles. The summed E-state index contributed by atoms with van der Waals surface area (Å²) in [6.45, 7) is 1.44. The number of hydrogen-bond acceptors (Lipinski definition) is 4. The molecule has 0 aliphatic carbocycles. The third-order valence-corrected chi connectivity index (χ3v) is 2.62. The molecule has 100 valence electrons. The molecule has 0 saturated carbocycles. The maximum Gasteiger partial charge on any atom is 0.274 e. The topological polar surface area (TPSA) is 73.4 Å². The van der Waals surface area contributed by atoms with Crippen LogP contribution in [0.1, 0.15) is 16.9 Å². The predicted octanol–water partition coefficient (Wildman–Crippen LogP) is 0.185. The Balaban J connectivity index is 2.68. The summed E-state index contributed by atoms with van der Waals surface area (Å²) in [5, 5.41) is 4.09. The third-order valence-electron chi connectivity index (χ3n) is 2.41. The maximum atomic E-state index is 12.2. The normalized spacial score (nSPS) is 10.3. The predicted molar refractivity (Wildman–Crippen MR) is 72.4 cm³/mol. The molecule has 1 aromatic heterocycles. The van der Waals surface area contributed by atoms with Crippen molar-refractivity contribution >= 4 is 23.1 Å². The van der Waals surface area contributed by atoms with E-state index in [-0.39, 0.29) is 5.91 Å². The van der Waals surface area contributed by atoms with Crippen LogP contribution < -0.4 is 5.73 Å². The number of aromatic nitrogens is 2. The van der Waals surface area contributed by atoms with Crippen LogP contribution in [0.3, 0.4) is 0 Å². The number of aryl methyl sites for hydroxylation is 1.